The van der Waals surface area contributed by atoms with Gasteiger partial charge in [-0.3, -0.25) is 9.36 Å². The van der Waals surface area contributed by atoms with Crippen LogP contribution in [0.4, 0.5) is 0 Å². The van der Waals surface area contributed by atoms with Crippen LogP contribution in [0.2, 0.25) is 0 Å². The van der Waals surface area contributed by atoms with E-state index in [0.29, 0.717) is 11.4 Å². The van der Waals surface area contributed by atoms with E-state index < -0.39 is 17.2 Å². The van der Waals surface area contributed by atoms with Gasteiger partial charge in [0.05, 0.1) is 12.8 Å². The molecule has 0 saturated heterocycles. The Morgan fingerprint density at radius 1 is 1.44 bits per heavy atom. The fourth-order valence-corrected chi connectivity index (χ4v) is 1.52. The Morgan fingerprint density at radius 2 is 2.22 bits per heavy atom. The van der Waals surface area contributed by atoms with Crippen molar-refractivity contribution in [3.8, 4) is 11.4 Å². The Morgan fingerprint density at radius 3 is 2.89 bits per heavy atom. The average Bonchev–Trinajstić information content (AvgIpc) is 2.38. The SMILES string of the molecule is COc1cccc(-n2ccnc(C(=O)O)c2=O)c1. The van der Waals surface area contributed by atoms with E-state index in [1.54, 1.807) is 24.3 Å². The molecule has 0 aliphatic rings. The predicted molar refractivity (Wildman–Crippen MR) is 63.3 cm³/mol. The lowest BCUT2D eigenvalue weighted by atomic mass is 10.3. The molecule has 6 heteroatoms. The van der Waals surface area contributed by atoms with Crippen LogP contribution in [-0.4, -0.2) is 27.7 Å². The standard InChI is InChI=1S/C12H10N2O4/c1-18-9-4-2-3-8(7-9)14-6-5-13-10(11(14)15)12(16)17/h2-7H,1H3,(H,16,17). The lowest BCUT2D eigenvalue weighted by molar-refractivity contribution is 0.0688. The third kappa shape index (κ3) is 2.08. The molecular formula is C12H10N2O4. The zero-order valence-corrected chi connectivity index (χ0v) is 9.53. The number of carboxylic acid groups (broad SMARTS) is 1. The van der Waals surface area contributed by atoms with Crippen molar-refractivity contribution >= 4 is 5.97 Å². The summed E-state index contributed by atoms with van der Waals surface area (Å²) in [7, 11) is 1.51. The summed E-state index contributed by atoms with van der Waals surface area (Å²) in [5, 5.41) is 8.84. The second-order valence-electron chi connectivity index (χ2n) is 3.46. The second-order valence-corrected chi connectivity index (χ2v) is 3.46. The molecule has 0 bridgehead atoms. The van der Waals surface area contributed by atoms with Gasteiger partial charge >= 0.3 is 5.97 Å². The van der Waals surface area contributed by atoms with Gasteiger partial charge in [-0.1, -0.05) is 6.07 Å². The van der Waals surface area contributed by atoms with Crippen molar-refractivity contribution < 1.29 is 14.6 Å². The third-order valence-electron chi connectivity index (χ3n) is 2.37. The van der Waals surface area contributed by atoms with Gasteiger partial charge in [0.15, 0.2) is 0 Å². The number of benzene rings is 1. The van der Waals surface area contributed by atoms with E-state index in [-0.39, 0.29) is 0 Å². The maximum Gasteiger partial charge on any atom is 0.360 e. The van der Waals surface area contributed by atoms with E-state index in [4.69, 9.17) is 9.84 Å². The van der Waals surface area contributed by atoms with E-state index in [2.05, 4.69) is 4.98 Å². The highest BCUT2D eigenvalue weighted by atomic mass is 16.5. The van der Waals surface area contributed by atoms with Crippen LogP contribution in [0.1, 0.15) is 10.5 Å². The number of rotatable bonds is 3. The molecule has 1 aromatic carbocycles. The van der Waals surface area contributed by atoms with Gasteiger partial charge in [-0.25, -0.2) is 9.78 Å². The van der Waals surface area contributed by atoms with Gasteiger partial charge in [-0.15, -0.1) is 0 Å². The van der Waals surface area contributed by atoms with Crippen molar-refractivity contribution in [2.24, 2.45) is 0 Å². The van der Waals surface area contributed by atoms with Crippen molar-refractivity contribution in [3.05, 3.63) is 52.7 Å². The zero-order valence-electron chi connectivity index (χ0n) is 9.53. The van der Waals surface area contributed by atoms with Crippen molar-refractivity contribution in [2.45, 2.75) is 0 Å². The number of carbonyl (C=O) groups is 1. The van der Waals surface area contributed by atoms with E-state index in [9.17, 15) is 9.59 Å². The van der Waals surface area contributed by atoms with Crippen LogP contribution in [0, 0.1) is 0 Å². The van der Waals surface area contributed by atoms with E-state index in [1.807, 2.05) is 0 Å². The molecule has 2 aromatic rings. The Labute approximate surface area is 102 Å². The lowest BCUT2D eigenvalue weighted by Crippen LogP contribution is -2.26. The zero-order chi connectivity index (χ0) is 13.1. The molecule has 0 radical (unpaired) electrons. The van der Waals surface area contributed by atoms with Crippen molar-refractivity contribution in [3.63, 3.8) is 0 Å². The maximum atomic E-state index is 11.9. The number of carboxylic acids is 1. The normalized spacial score (nSPS) is 10.1. The molecular weight excluding hydrogens is 236 g/mol. The summed E-state index contributed by atoms with van der Waals surface area (Å²) in [6, 6.07) is 6.75. The summed E-state index contributed by atoms with van der Waals surface area (Å²) in [5.41, 5.74) is -0.678. The van der Waals surface area contributed by atoms with Gasteiger partial charge < -0.3 is 9.84 Å². The van der Waals surface area contributed by atoms with E-state index >= 15 is 0 Å². The molecule has 0 fully saturated rings. The van der Waals surface area contributed by atoms with Crippen LogP contribution in [0.25, 0.3) is 5.69 Å². The summed E-state index contributed by atoms with van der Waals surface area (Å²) in [6.45, 7) is 0. The highest BCUT2D eigenvalue weighted by molar-refractivity contribution is 5.84. The quantitative estimate of drug-likeness (QED) is 0.871. The molecule has 0 saturated carbocycles. The molecule has 0 atom stereocenters. The summed E-state index contributed by atoms with van der Waals surface area (Å²) in [5.74, 6) is -0.773. The van der Waals surface area contributed by atoms with Crippen molar-refractivity contribution in [2.75, 3.05) is 7.11 Å². The number of hydrogen-bond acceptors (Lipinski definition) is 4. The van der Waals surface area contributed by atoms with Crippen LogP contribution in [0.3, 0.4) is 0 Å². The molecule has 1 heterocycles. The van der Waals surface area contributed by atoms with Gasteiger partial charge in [-0.05, 0) is 12.1 Å². The Balaban J connectivity index is 2.61. The number of hydrogen-bond donors (Lipinski definition) is 1. The van der Waals surface area contributed by atoms with Crippen LogP contribution >= 0.6 is 0 Å². The van der Waals surface area contributed by atoms with Gasteiger partial charge in [0.1, 0.15) is 5.75 Å². The summed E-state index contributed by atoms with van der Waals surface area (Å²) >= 11 is 0. The number of aromatic carboxylic acids is 1. The molecule has 1 aromatic heterocycles. The highest BCUT2D eigenvalue weighted by Crippen LogP contribution is 2.14. The largest absolute Gasteiger partial charge is 0.497 e. The molecule has 92 valence electrons. The number of aromatic nitrogens is 2. The molecule has 0 spiro atoms. The summed E-state index contributed by atoms with van der Waals surface area (Å²) in [6.07, 6.45) is 2.67. The molecule has 0 aliphatic heterocycles. The molecule has 1 N–H and O–H groups in total. The maximum absolute atomic E-state index is 11.9. The molecule has 0 aliphatic carbocycles. The molecule has 18 heavy (non-hydrogen) atoms. The average molecular weight is 246 g/mol. The van der Waals surface area contributed by atoms with Gasteiger partial charge in [-0.2, -0.15) is 0 Å². The first-order valence-electron chi connectivity index (χ1n) is 5.09. The van der Waals surface area contributed by atoms with Gasteiger partial charge in [0.2, 0.25) is 5.69 Å². The number of methoxy groups -OCH3 is 1. The number of nitrogens with zero attached hydrogens (tertiary/aromatic N) is 2. The molecule has 0 unspecified atom stereocenters. The fourth-order valence-electron chi connectivity index (χ4n) is 1.52. The van der Waals surface area contributed by atoms with Crippen molar-refractivity contribution in [1.82, 2.24) is 9.55 Å². The highest BCUT2D eigenvalue weighted by Gasteiger charge is 2.13. The van der Waals surface area contributed by atoms with Gasteiger partial charge in [0, 0.05) is 18.5 Å². The molecule has 2 rings (SSSR count). The number of ether oxygens (including phenoxy) is 1. The van der Waals surface area contributed by atoms with E-state index in [0.717, 1.165) is 0 Å². The monoisotopic (exact) mass is 246 g/mol. The van der Waals surface area contributed by atoms with Crippen LogP contribution < -0.4 is 10.3 Å². The van der Waals surface area contributed by atoms with Crippen LogP contribution in [0.5, 0.6) is 5.75 Å². The smallest absolute Gasteiger partial charge is 0.360 e. The Bertz CT molecular complexity index is 649. The Kier molecular flexibility index (Phi) is 3.09. The van der Waals surface area contributed by atoms with Crippen molar-refractivity contribution in [1.29, 1.82) is 0 Å². The minimum atomic E-state index is -1.35. The third-order valence-corrected chi connectivity index (χ3v) is 2.37. The topological polar surface area (TPSA) is 81.4 Å². The first-order valence-corrected chi connectivity index (χ1v) is 5.09. The predicted octanol–water partition coefficient (Wildman–Crippen LogP) is 0.939. The molecule has 6 nitrogen and oxygen atoms in total. The van der Waals surface area contributed by atoms with E-state index in [1.165, 1.54) is 24.1 Å². The van der Waals surface area contributed by atoms with Gasteiger partial charge in [0.25, 0.3) is 5.56 Å². The first-order chi connectivity index (χ1) is 8.63. The van der Waals surface area contributed by atoms with Crippen LogP contribution in [-0.2, 0) is 0 Å². The second kappa shape index (κ2) is 4.70. The minimum absolute atomic E-state index is 0.514. The Hall–Kier alpha value is -2.63. The summed E-state index contributed by atoms with van der Waals surface area (Å²) in [4.78, 5) is 26.3. The fraction of sp³-hybridized carbons (Fsp3) is 0.0833. The molecule has 0 amide bonds. The first kappa shape index (κ1) is 11.8. The minimum Gasteiger partial charge on any atom is -0.497 e. The van der Waals surface area contributed by atoms with Crippen LogP contribution in [0.15, 0.2) is 41.5 Å². The lowest BCUT2D eigenvalue weighted by Gasteiger charge is -2.07. The summed E-state index contributed by atoms with van der Waals surface area (Å²) < 4.78 is 6.25.